The molecule has 1 heterocycles. The lowest BCUT2D eigenvalue weighted by Gasteiger charge is -2.11. The molecule has 21 heavy (non-hydrogen) atoms. The molecular formula is C14H22N4O3. The van der Waals surface area contributed by atoms with Crippen LogP contribution in [0.1, 0.15) is 23.0 Å². The molecule has 0 aliphatic carbocycles. The minimum absolute atomic E-state index is 0.156. The maximum atomic E-state index is 11.9. The summed E-state index contributed by atoms with van der Waals surface area (Å²) in [5.74, 6) is -0.156. The van der Waals surface area contributed by atoms with Crippen LogP contribution in [-0.4, -0.2) is 55.7 Å². The minimum Gasteiger partial charge on any atom is -0.450 e. The molecule has 0 saturated heterocycles. The van der Waals surface area contributed by atoms with Gasteiger partial charge >= 0.3 is 6.09 Å². The van der Waals surface area contributed by atoms with Crippen LogP contribution in [0.3, 0.4) is 0 Å². The molecule has 0 radical (unpaired) electrons. The van der Waals surface area contributed by atoms with Crippen LogP contribution >= 0.6 is 0 Å². The highest BCUT2D eigenvalue weighted by atomic mass is 16.5. The van der Waals surface area contributed by atoms with Gasteiger partial charge in [-0.25, -0.2) is 4.79 Å². The fourth-order valence-electron chi connectivity index (χ4n) is 1.56. The number of carbonyl (C=O) groups is 2. The Morgan fingerprint density at radius 3 is 2.76 bits per heavy atom. The lowest BCUT2D eigenvalue weighted by Crippen LogP contribution is -2.31. The Morgan fingerprint density at radius 1 is 1.33 bits per heavy atom. The first-order chi connectivity index (χ1) is 10.0. The Balaban J connectivity index is 2.51. The predicted molar refractivity (Wildman–Crippen MR) is 79.0 cm³/mol. The normalized spacial score (nSPS) is 10.3. The molecule has 0 unspecified atom stereocenters. The number of carbonyl (C=O) groups excluding carboxylic acids is 2. The third kappa shape index (κ3) is 6.71. The first-order valence-corrected chi connectivity index (χ1v) is 6.81. The van der Waals surface area contributed by atoms with Crippen LogP contribution in [0.2, 0.25) is 0 Å². The number of ether oxygens (including phenoxy) is 1. The summed E-state index contributed by atoms with van der Waals surface area (Å²) in [6.07, 6.45) is 1.04. The molecular weight excluding hydrogens is 272 g/mol. The number of amides is 2. The molecule has 1 aromatic rings. The first kappa shape index (κ1) is 16.9. The van der Waals surface area contributed by atoms with Crippen LogP contribution < -0.4 is 10.6 Å². The molecule has 0 bridgehead atoms. The number of nitrogens with zero attached hydrogens (tertiary/aromatic N) is 2. The molecule has 1 rings (SSSR count). The molecule has 0 aliphatic heterocycles. The summed E-state index contributed by atoms with van der Waals surface area (Å²) >= 11 is 0. The number of likely N-dealkylation sites (N-methyl/N-ethyl adjacent to an activating group) is 1. The molecule has 0 atom stereocenters. The molecule has 0 spiro atoms. The fraction of sp³-hybridized carbons (Fsp3) is 0.500. The number of alkyl carbamates (subject to hydrolysis) is 1. The Bertz CT molecular complexity index is 477. The van der Waals surface area contributed by atoms with E-state index in [-0.39, 0.29) is 12.5 Å². The van der Waals surface area contributed by atoms with Crippen LogP contribution in [0.5, 0.6) is 0 Å². The average molecular weight is 294 g/mol. The molecule has 2 N–H and O–H groups in total. The van der Waals surface area contributed by atoms with E-state index in [4.69, 9.17) is 4.74 Å². The standard InChI is InChI=1S/C14H22N4O3/c1-4-21-14(20)17-10-12-9-11(5-6-15-12)13(19)16-7-8-18(2)3/h5-6,9H,4,7-8,10H2,1-3H3,(H,16,19)(H,17,20). The average Bonchev–Trinajstić information content (AvgIpc) is 2.45. The van der Waals surface area contributed by atoms with E-state index in [1.807, 2.05) is 19.0 Å². The van der Waals surface area contributed by atoms with Crippen LogP contribution in [0.15, 0.2) is 18.3 Å². The van der Waals surface area contributed by atoms with Gasteiger partial charge in [-0.2, -0.15) is 0 Å². The van der Waals surface area contributed by atoms with E-state index in [1.165, 1.54) is 0 Å². The lowest BCUT2D eigenvalue weighted by molar-refractivity contribution is 0.0950. The second-order valence-electron chi connectivity index (χ2n) is 4.67. The van der Waals surface area contributed by atoms with Gasteiger partial charge in [0.15, 0.2) is 0 Å². The van der Waals surface area contributed by atoms with Crippen LogP contribution in [-0.2, 0) is 11.3 Å². The van der Waals surface area contributed by atoms with E-state index in [9.17, 15) is 9.59 Å². The molecule has 1 aromatic heterocycles. The molecule has 0 aromatic carbocycles. The maximum absolute atomic E-state index is 11.9. The summed E-state index contributed by atoms with van der Waals surface area (Å²) in [5, 5.41) is 5.38. The van der Waals surface area contributed by atoms with Gasteiger partial charge in [0, 0.05) is 24.8 Å². The highest BCUT2D eigenvalue weighted by Crippen LogP contribution is 2.02. The summed E-state index contributed by atoms with van der Waals surface area (Å²) in [6.45, 7) is 3.61. The number of rotatable bonds is 7. The fourth-order valence-corrected chi connectivity index (χ4v) is 1.56. The van der Waals surface area contributed by atoms with Crippen molar-refractivity contribution in [3.63, 3.8) is 0 Å². The Morgan fingerprint density at radius 2 is 2.10 bits per heavy atom. The summed E-state index contributed by atoms with van der Waals surface area (Å²) in [6, 6.07) is 3.29. The van der Waals surface area contributed by atoms with Gasteiger partial charge in [0.1, 0.15) is 0 Å². The molecule has 7 heteroatoms. The zero-order chi connectivity index (χ0) is 15.7. The highest BCUT2D eigenvalue weighted by Gasteiger charge is 2.07. The largest absolute Gasteiger partial charge is 0.450 e. The van der Waals surface area contributed by atoms with E-state index in [0.717, 1.165) is 6.54 Å². The summed E-state index contributed by atoms with van der Waals surface area (Å²) in [7, 11) is 3.88. The van der Waals surface area contributed by atoms with Gasteiger partial charge in [0.05, 0.1) is 18.8 Å². The van der Waals surface area contributed by atoms with Gasteiger partial charge in [0.2, 0.25) is 0 Å². The third-order valence-electron chi connectivity index (χ3n) is 2.61. The quantitative estimate of drug-likeness (QED) is 0.770. The van der Waals surface area contributed by atoms with Gasteiger partial charge in [-0.05, 0) is 33.2 Å². The third-order valence-corrected chi connectivity index (χ3v) is 2.61. The van der Waals surface area contributed by atoms with E-state index in [2.05, 4.69) is 15.6 Å². The maximum Gasteiger partial charge on any atom is 0.407 e. The minimum atomic E-state index is -0.500. The molecule has 0 saturated carbocycles. The van der Waals surface area contributed by atoms with E-state index in [1.54, 1.807) is 25.3 Å². The van der Waals surface area contributed by atoms with E-state index >= 15 is 0 Å². The van der Waals surface area contributed by atoms with Crippen molar-refractivity contribution in [3.8, 4) is 0 Å². The zero-order valence-electron chi connectivity index (χ0n) is 12.7. The van der Waals surface area contributed by atoms with Crippen molar-refractivity contribution in [3.05, 3.63) is 29.6 Å². The van der Waals surface area contributed by atoms with Gasteiger partial charge in [-0.3, -0.25) is 9.78 Å². The molecule has 2 amide bonds. The number of pyridine rings is 1. The number of hydrogen-bond acceptors (Lipinski definition) is 5. The van der Waals surface area contributed by atoms with Gasteiger partial charge in [-0.1, -0.05) is 0 Å². The number of aromatic nitrogens is 1. The van der Waals surface area contributed by atoms with Gasteiger partial charge in [-0.15, -0.1) is 0 Å². The van der Waals surface area contributed by atoms with Crippen molar-refractivity contribution in [1.29, 1.82) is 0 Å². The van der Waals surface area contributed by atoms with Crippen LogP contribution in [0, 0.1) is 0 Å². The second-order valence-corrected chi connectivity index (χ2v) is 4.67. The Labute approximate surface area is 124 Å². The first-order valence-electron chi connectivity index (χ1n) is 6.81. The smallest absolute Gasteiger partial charge is 0.407 e. The molecule has 7 nitrogen and oxygen atoms in total. The zero-order valence-corrected chi connectivity index (χ0v) is 12.7. The van der Waals surface area contributed by atoms with E-state index < -0.39 is 6.09 Å². The Kier molecular flexibility index (Phi) is 7.17. The van der Waals surface area contributed by atoms with Gasteiger partial charge < -0.3 is 20.3 Å². The van der Waals surface area contributed by atoms with Crippen molar-refractivity contribution in [2.75, 3.05) is 33.8 Å². The van der Waals surface area contributed by atoms with Crippen LogP contribution in [0.25, 0.3) is 0 Å². The van der Waals surface area contributed by atoms with Crippen molar-refractivity contribution < 1.29 is 14.3 Å². The van der Waals surface area contributed by atoms with Crippen molar-refractivity contribution in [2.45, 2.75) is 13.5 Å². The van der Waals surface area contributed by atoms with Crippen molar-refractivity contribution in [1.82, 2.24) is 20.5 Å². The highest BCUT2D eigenvalue weighted by molar-refractivity contribution is 5.94. The lowest BCUT2D eigenvalue weighted by atomic mass is 10.2. The van der Waals surface area contributed by atoms with E-state index in [0.29, 0.717) is 24.4 Å². The molecule has 0 aliphatic rings. The molecule has 116 valence electrons. The summed E-state index contributed by atoms with van der Waals surface area (Å²) in [5.41, 5.74) is 1.12. The SMILES string of the molecule is CCOC(=O)NCc1cc(C(=O)NCCN(C)C)ccn1. The monoisotopic (exact) mass is 294 g/mol. The van der Waals surface area contributed by atoms with Crippen molar-refractivity contribution in [2.24, 2.45) is 0 Å². The topological polar surface area (TPSA) is 83.6 Å². The van der Waals surface area contributed by atoms with Crippen LogP contribution in [0.4, 0.5) is 4.79 Å². The summed E-state index contributed by atoms with van der Waals surface area (Å²) < 4.78 is 4.76. The Hall–Kier alpha value is -2.15. The number of nitrogens with one attached hydrogen (secondary N) is 2. The predicted octanol–water partition coefficient (Wildman–Crippen LogP) is 0.619. The van der Waals surface area contributed by atoms with Gasteiger partial charge in [0.25, 0.3) is 5.91 Å². The molecule has 0 fully saturated rings. The van der Waals surface area contributed by atoms with Crippen molar-refractivity contribution >= 4 is 12.0 Å². The summed E-state index contributed by atoms with van der Waals surface area (Å²) in [4.78, 5) is 29.2. The second kappa shape index (κ2) is 8.91. The number of hydrogen-bond donors (Lipinski definition) is 2.